The second kappa shape index (κ2) is 12.1. The molecule has 1 aliphatic rings. The molecule has 1 heterocycles. The molecule has 0 aliphatic carbocycles. The van der Waals surface area contributed by atoms with Gasteiger partial charge in [-0.3, -0.25) is 9.69 Å². The van der Waals surface area contributed by atoms with Crippen molar-refractivity contribution < 1.29 is 9.53 Å². The van der Waals surface area contributed by atoms with Gasteiger partial charge in [0.05, 0.1) is 0 Å². The molecule has 140 valence electrons. The van der Waals surface area contributed by atoms with E-state index in [0.717, 1.165) is 39.3 Å². The molecular weight excluding hydrogens is 306 g/mol. The fraction of sp³-hybridized carbons (Fsp3) is 0.882. The maximum Gasteiger partial charge on any atom is 0.243 e. The Balaban J connectivity index is 2.46. The number of likely N-dealkylation sites (N-methyl/N-ethyl adjacent to an activating group) is 2. The van der Waals surface area contributed by atoms with E-state index in [0.29, 0.717) is 12.0 Å². The average molecular weight is 342 g/mol. The number of likely N-dealkylation sites (tertiary alicyclic amines) is 1. The van der Waals surface area contributed by atoms with Crippen molar-refractivity contribution >= 4 is 11.9 Å². The van der Waals surface area contributed by atoms with E-state index < -0.39 is 0 Å². The minimum absolute atomic E-state index is 0.00136. The lowest BCUT2D eigenvalue weighted by Crippen LogP contribution is -2.45. The van der Waals surface area contributed by atoms with E-state index in [1.165, 1.54) is 19.4 Å². The molecule has 0 saturated carbocycles. The number of nitrogens with one attached hydrogen (secondary N) is 2. The molecule has 1 unspecified atom stereocenters. The van der Waals surface area contributed by atoms with E-state index in [4.69, 9.17) is 4.74 Å². The summed E-state index contributed by atoms with van der Waals surface area (Å²) in [7, 11) is 3.50. The van der Waals surface area contributed by atoms with E-state index in [1.807, 2.05) is 6.92 Å². The number of carbonyl (C=O) groups is 1. The lowest BCUT2D eigenvalue weighted by Gasteiger charge is -2.24. The van der Waals surface area contributed by atoms with Crippen molar-refractivity contribution in [3.8, 4) is 0 Å². The molecule has 0 radical (unpaired) electrons. The smallest absolute Gasteiger partial charge is 0.243 e. The third kappa shape index (κ3) is 7.97. The number of rotatable bonds is 10. The molecule has 24 heavy (non-hydrogen) atoms. The van der Waals surface area contributed by atoms with E-state index in [1.54, 1.807) is 19.0 Å². The molecule has 0 bridgehead atoms. The van der Waals surface area contributed by atoms with Crippen molar-refractivity contribution in [1.82, 2.24) is 20.4 Å². The van der Waals surface area contributed by atoms with Gasteiger partial charge < -0.3 is 20.3 Å². The molecule has 1 rings (SSSR count). The number of nitrogens with zero attached hydrogens (tertiary/aromatic N) is 3. The van der Waals surface area contributed by atoms with Gasteiger partial charge in [-0.1, -0.05) is 6.92 Å². The number of hydrogen-bond acceptors (Lipinski definition) is 4. The highest BCUT2D eigenvalue weighted by atomic mass is 16.5. The summed E-state index contributed by atoms with van der Waals surface area (Å²) in [5.41, 5.74) is 0. The van der Waals surface area contributed by atoms with Crippen molar-refractivity contribution in [2.45, 2.75) is 39.2 Å². The van der Waals surface area contributed by atoms with Gasteiger partial charge in [0, 0.05) is 46.4 Å². The monoisotopic (exact) mass is 341 g/mol. The molecule has 1 atom stereocenters. The number of carbonyl (C=O) groups excluding carboxylic acids is 1. The summed E-state index contributed by atoms with van der Waals surface area (Å²) in [6.45, 7) is 9.74. The van der Waals surface area contributed by atoms with Gasteiger partial charge in [0.1, 0.15) is 6.54 Å². The molecule has 0 aromatic carbocycles. The fourth-order valence-corrected chi connectivity index (χ4v) is 2.74. The van der Waals surface area contributed by atoms with E-state index in [9.17, 15) is 4.79 Å². The second-order valence-electron chi connectivity index (χ2n) is 6.24. The van der Waals surface area contributed by atoms with Gasteiger partial charge in [-0.2, -0.15) is 0 Å². The van der Waals surface area contributed by atoms with Crippen molar-refractivity contribution in [3.63, 3.8) is 0 Å². The highest BCUT2D eigenvalue weighted by Crippen LogP contribution is 2.15. The minimum Gasteiger partial charge on any atom is -0.382 e. The van der Waals surface area contributed by atoms with Gasteiger partial charge in [0.25, 0.3) is 0 Å². The predicted octanol–water partition coefficient (Wildman–Crippen LogP) is 0.521. The first-order valence-electron chi connectivity index (χ1n) is 9.12. The van der Waals surface area contributed by atoms with Crippen LogP contribution in [-0.4, -0.2) is 87.7 Å². The number of ether oxygens (including phenoxy) is 1. The van der Waals surface area contributed by atoms with Crippen LogP contribution in [0.1, 0.15) is 33.1 Å². The van der Waals surface area contributed by atoms with Gasteiger partial charge in [-0.25, -0.2) is 4.99 Å². The third-order valence-electron chi connectivity index (χ3n) is 4.24. The molecule has 1 saturated heterocycles. The van der Waals surface area contributed by atoms with Crippen LogP contribution in [0.2, 0.25) is 0 Å². The number of amides is 1. The van der Waals surface area contributed by atoms with Crippen LogP contribution >= 0.6 is 0 Å². The van der Waals surface area contributed by atoms with Crippen LogP contribution in [0.4, 0.5) is 0 Å². The van der Waals surface area contributed by atoms with E-state index in [-0.39, 0.29) is 12.5 Å². The highest BCUT2D eigenvalue weighted by Gasteiger charge is 2.22. The maximum atomic E-state index is 11.8. The molecule has 7 nitrogen and oxygen atoms in total. The van der Waals surface area contributed by atoms with Crippen LogP contribution < -0.4 is 10.6 Å². The van der Waals surface area contributed by atoms with Crippen LogP contribution in [0.5, 0.6) is 0 Å². The molecule has 1 amide bonds. The molecule has 1 aliphatic heterocycles. The summed E-state index contributed by atoms with van der Waals surface area (Å²) < 4.78 is 5.35. The fourth-order valence-electron chi connectivity index (χ4n) is 2.74. The molecule has 0 aromatic rings. The van der Waals surface area contributed by atoms with E-state index in [2.05, 4.69) is 27.4 Å². The largest absolute Gasteiger partial charge is 0.382 e. The highest BCUT2D eigenvalue weighted by molar-refractivity contribution is 5.84. The minimum atomic E-state index is 0.00136. The summed E-state index contributed by atoms with van der Waals surface area (Å²) in [6, 6.07) is 0.551. The van der Waals surface area contributed by atoms with Gasteiger partial charge in [-0.05, 0) is 39.3 Å². The van der Waals surface area contributed by atoms with Crippen LogP contribution in [0.25, 0.3) is 0 Å². The van der Waals surface area contributed by atoms with Gasteiger partial charge in [0.2, 0.25) is 5.91 Å². The van der Waals surface area contributed by atoms with Crippen molar-refractivity contribution in [2.24, 2.45) is 4.99 Å². The first-order chi connectivity index (χ1) is 11.6. The first-order valence-corrected chi connectivity index (χ1v) is 9.12. The maximum absolute atomic E-state index is 11.8. The lowest BCUT2D eigenvalue weighted by atomic mass is 10.2. The predicted molar refractivity (Wildman–Crippen MR) is 98.4 cm³/mol. The van der Waals surface area contributed by atoms with Gasteiger partial charge >= 0.3 is 0 Å². The van der Waals surface area contributed by atoms with Crippen LogP contribution in [0, 0.1) is 0 Å². The summed E-state index contributed by atoms with van der Waals surface area (Å²) in [4.78, 5) is 20.2. The Morgan fingerprint density at radius 3 is 2.79 bits per heavy atom. The van der Waals surface area contributed by atoms with Crippen LogP contribution in [-0.2, 0) is 9.53 Å². The molecule has 0 spiro atoms. The zero-order chi connectivity index (χ0) is 17.8. The Labute approximate surface area is 146 Å². The third-order valence-corrected chi connectivity index (χ3v) is 4.24. The summed E-state index contributed by atoms with van der Waals surface area (Å²) in [6.07, 6.45) is 3.39. The Kier molecular flexibility index (Phi) is 10.4. The zero-order valence-electron chi connectivity index (χ0n) is 15.8. The Morgan fingerprint density at radius 1 is 1.33 bits per heavy atom. The molecule has 1 fully saturated rings. The van der Waals surface area contributed by atoms with Crippen molar-refractivity contribution in [3.05, 3.63) is 0 Å². The van der Waals surface area contributed by atoms with Crippen LogP contribution in [0.3, 0.4) is 0 Å². The van der Waals surface area contributed by atoms with Gasteiger partial charge in [0.15, 0.2) is 5.96 Å². The normalized spacial score (nSPS) is 18.7. The molecular formula is C17H35N5O2. The number of guanidine groups is 1. The lowest BCUT2D eigenvalue weighted by molar-refractivity contribution is -0.127. The average Bonchev–Trinajstić information content (AvgIpc) is 3.03. The topological polar surface area (TPSA) is 69.2 Å². The summed E-state index contributed by atoms with van der Waals surface area (Å²) >= 11 is 0. The Morgan fingerprint density at radius 2 is 2.12 bits per heavy atom. The van der Waals surface area contributed by atoms with Crippen molar-refractivity contribution in [1.29, 1.82) is 0 Å². The zero-order valence-corrected chi connectivity index (χ0v) is 15.8. The Hall–Kier alpha value is -1.34. The molecule has 0 aromatic heterocycles. The quantitative estimate of drug-likeness (QED) is 0.344. The molecule has 2 N–H and O–H groups in total. The number of hydrogen-bond donors (Lipinski definition) is 2. The van der Waals surface area contributed by atoms with Crippen molar-refractivity contribution in [2.75, 3.05) is 60.0 Å². The first kappa shape index (κ1) is 20.7. The molecule has 7 heteroatoms. The van der Waals surface area contributed by atoms with Gasteiger partial charge in [-0.15, -0.1) is 0 Å². The summed E-state index contributed by atoms with van der Waals surface area (Å²) in [5.74, 6) is 0.714. The number of aliphatic imine (C=N–C) groups is 1. The van der Waals surface area contributed by atoms with Crippen LogP contribution in [0.15, 0.2) is 4.99 Å². The second-order valence-corrected chi connectivity index (χ2v) is 6.24. The van der Waals surface area contributed by atoms with E-state index >= 15 is 0 Å². The summed E-state index contributed by atoms with van der Waals surface area (Å²) in [5, 5.41) is 6.70. The SMILES string of the molecule is CCOCCCNC(=NCC(=O)N(C)C)NCC1CCCN1CC. The standard InChI is InChI=1S/C17H35N5O2/c1-5-22-11-7-9-15(22)13-19-17(18-10-8-12-24-6-2)20-14-16(23)21(3)4/h15H,5-14H2,1-4H3,(H2,18,19,20). The Bertz CT molecular complexity index is 387.